The van der Waals surface area contributed by atoms with Crippen LogP contribution in [0.15, 0.2) is 41.2 Å². The number of hydrogen-bond donors (Lipinski definition) is 0. The van der Waals surface area contributed by atoms with Crippen LogP contribution in [0.1, 0.15) is 49.3 Å². The summed E-state index contributed by atoms with van der Waals surface area (Å²) in [5.41, 5.74) is 0.482. The van der Waals surface area contributed by atoms with E-state index < -0.39 is 11.7 Å². The zero-order chi connectivity index (χ0) is 21.5. The summed E-state index contributed by atoms with van der Waals surface area (Å²) in [6.07, 6.45) is 0.373. The van der Waals surface area contributed by atoms with Crippen LogP contribution in [-0.2, 0) is 12.7 Å². The fourth-order valence-corrected chi connectivity index (χ4v) is 4.57. The van der Waals surface area contributed by atoms with E-state index >= 15 is 0 Å². The molecule has 1 aliphatic rings. The lowest BCUT2D eigenvalue weighted by Crippen LogP contribution is -2.29. The zero-order valence-corrected chi connectivity index (χ0v) is 17.3. The Labute approximate surface area is 176 Å². The Hall–Kier alpha value is -2.41. The molecule has 8 heteroatoms. The van der Waals surface area contributed by atoms with E-state index in [4.69, 9.17) is 16.3 Å². The topological polar surface area (TPSA) is 36.2 Å². The van der Waals surface area contributed by atoms with Crippen molar-refractivity contribution in [3.05, 3.63) is 63.0 Å². The highest BCUT2D eigenvalue weighted by Gasteiger charge is 2.32. The summed E-state index contributed by atoms with van der Waals surface area (Å²) in [5, 5.41) is 0.384. The number of rotatable bonds is 4. The summed E-state index contributed by atoms with van der Waals surface area (Å²) in [5.74, 6) is 0.497. The second-order valence-electron chi connectivity index (χ2n) is 7.70. The quantitative estimate of drug-likeness (QED) is 0.498. The number of alkyl halides is 3. The largest absolute Gasteiger partial charge is 0.495 e. The first-order chi connectivity index (χ1) is 14.3. The Morgan fingerprint density at radius 3 is 2.43 bits per heavy atom. The molecule has 1 saturated carbocycles. The molecule has 0 radical (unpaired) electrons. The first-order valence-electron chi connectivity index (χ1n) is 9.94. The van der Waals surface area contributed by atoms with E-state index in [0.29, 0.717) is 21.9 Å². The molecule has 3 aromatic rings. The fraction of sp³-hybridized carbons (Fsp3) is 0.409. The Morgan fingerprint density at radius 1 is 1.07 bits per heavy atom. The molecule has 1 fully saturated rings. The average molecular weight is 439 g/mol. The van der Waals surface area contributed by atoms with Gasteiger partial charge in [-0.1, -0.05) is 36.9 Å². The van der Waals surface area contributed by atoms with Crippen LogP contribution in [0.4, 0.5) is 13.2 Å². The van der Waals surface area contributed by atoms with E-state index in [1.807, 2.05) is 0 Å². The van der Waals surface area contributed by atoms with Crippen molar-refractivity contribution in [3.8, 4) is 5.75 Å². The summed E-state index contributed by atoms with van der Waals surface area (Å²) in [6, 6.07) is 8.66. The number of fused-ring (bicyclic) bond motifs is 1. The van der Waals surface area contributed by atoms with Crippen molar-refractivity contribution in [1.29, 1.82) is 0 Å². The number of hydrogen-bond acceptors (Lipinski definition) is 2. The molecule has 4 rings (SSSR count). The lowest BCUT2D eigenvalue weighted by molar-refractivity contribution is -0.137. The van der Waals surface area contributed by atoms with Crippen LogP contribution in [0.5, 0.6) is 5.75 Å². The monoisotopic (exact) mass is 438 g/mol. The Bertz CT molecular complexity index is 1130. The molecule has 0 amide bonds. The minimum absolute atomic E-state index is 0.00573. The molecule has 4 nitrogen and oxygen atoms in total. The van der Waals surface area contributed by atoms with Gasteiger partial charge >= 0.3 is 11.9 Å². The normalized spacial score (nSPS) is 15.6. The van der Waals surface area contributed by atoms with Crippen LogP contribution in [0.25, 0.3) is 11.0 Å². The molecule has 30 heavy (non-hydrogen) atoms. The lowest BCUT2D eigenvalue weighted by Gasteiger charge is -2.23. The summed E-state index contributed by atoms with van der Waals surface area (Å²) in [7, 11) is 1.50. The molecule has 0 unspecified atom stereocenters. The number of aromatic nitrogens is 2. The molecule has 160 valence electrons. The molecule has 0 N–H and O–H groups in total. The fourth-order valence-electron chi connectivity index (χ4n) is 4.29. The molecule has 0 atom stereocenters. The number of ether oxygens (including phenoxy) is 1. The highest BCUT2D eigenvalue weighted by molar-refractivity contribution is 6.32. The molecule has 1 aromatic heterocycles. The molecule has 1 heterocycles. The molecule has 0 spiro atoms. The van der Waals surface area contributed by atoms with E-state index in [1.54, 1.807) is 22.8 Å². The van der Waals surface area contributed by atoms with Gasteiger partial charge in [0.2, 0.25) is 0 Å². The van der Waals surface area contributed by atoms with Gasteiger partial charge in [-0.05, 0) is 48.7 Å². The van der Waals surface area contributed by atoms with Crippen molar-refractivity contribution >= 4 is 22.6 Å². The average Bonchev–Trinajstić information content (AvgIpc) is 2.99. The van der Waals surface area contributed by atoms with Gasteiger partial charge in [0.05, 0.1) is 35.3 Å². The number of imidazole rings is 1. The standard InChI is InChI=1S/C22H22ClF3N2O2/c1-30-20-10-7-14(11-17(20)23)13-27-19-12-15(22(24,25)26)8-9-18(19)28(21(27)29)16-5-3-2-4-6-16/h7-12,16H,2-6,13H2,1H3. The Kier molecular flexibility index (Phi) is 5.57. The molecule has 1 aliphatic carbocycles. The van der Waals surface area contributed by atoms with Gasteiger partial charge in [-0.2, -0.15) is 13.2 Å². The van der Waals surface area contributed by atoms with Gasteiger partial charge in [-0.3, -0.25) is 9.13 Å². The highest BCUT2D eigenvalue weighted by Crippen LogP contribution is 2.34. The molecule has 2 aromatic carbocycles. The van der Waals surface area contributed by atoms with Gasteiger partial charge in [0.15, 0.2) is 0 Å². The summed E-state index contributed by atoms with van der Waals surface area (Å²) >= 11 is 6.20. The zero-order valence-electron chi connectivity index (χ0n) is 16.5. The van der Waals surface area contributed by atoms with Crippen molar-refractivity contribution in [3.63, 3.8) is 0 Å². The second-order valence-corrected chi connectivity index (χ2v) is 8.11. The van der Waals surface area contributed by atoms with Gasteiger partial charge in [0.1, 0.15) is 5.75 Å². The third-order valence-electron chi connectivity index (χ3n) is 5.79. The van der Waals surface area contributed by atoms with Crippen LogP contribution in [0.3, 0.4) is 0 Å². The van der Waals surface area contributed by atoms with E-state index in [-0.39, 0.29) is 23.8 Å². The maximum atomic E-state index is 13.3. The molecular weight excluding hydrogens is 417 g/mol. The number of nitrogens with zero attached hydrogens (tertiary/aromatic N) is 2. The lowest BCUT2D eigenvalue weighted by atomic mass is 9.95. The minimum atomic E-state index is -4.48. The first-order valence-corrected chi connectivity index (χ1v) is 10.3. The third-order valence-corrected chi connectivity index (χ3v) is 6.08. The summed E-state index contributed by atoms with van der Waals surface area (Å²) in [6.45, 7) is 0.125. The maximum absolute atomic E-state index is 13.3. The summed E-state index contributed by atoms with van der Waals surface area (Å²) < 4.78 is 48.3. The van der Waals surface area contributed by atoms with Crippen molar-refractivity contribution in [2.24, 2.45) is 0 Å². The third kappa shape index (κ3) is 3.83. The van der Waals surface area contributed by atoms with Gasteiger partial charge < -0.3 is 4.74 Å². The van der Waals surface area contributed by atoms with Crippen LogP contribution in [0.2, 0.25) is 5.02 Å². The Morgan fingerprint density at radius 2 is 1.80 bits per heavy atom. The smallest absolute Gasteiger partial charge is 0.416 e. The van der Waals surface area contributed by atoms with Crippen LogP contribution in [-0.4, -0.2) is 16.2 Å². The van der Waals surface area contributed by atoms with Crippen LogP contribution in [0, 0.1) is 0 Å². The molecule has 0 saturated heterocycles. The number of halogens is 4. The van der Waals surface area contributed by atoms with E-state index in [1.165, 1.54) is 17.7 Å². The van der Waals surface area contributed by atoms with E-state index in [0.717, 1.165) is 44.2 Å². The predicted octanol–water partition coefficient (Wildman–Crippen LogP) is 6.04. The predicted molar refractivity (Wildman–Crippen MR) is 110 cm³/mol. The highest BCUT2D eigenvalue weighted by atomic mass is 35.5. The van der Waals surface area contributed by atoms with Crippen LogP contribution < -0.4 is 10.4 Å². The first kappa shape index (κ1) is 20.8. The van der Waals surface area contributed by atoms with Crippen molar-refractivity contribution in [2.75, 3.05) is 7.11 Å². The molecule has 0 bridgehead atoms. The van der Waals surface area contributed by atoms with E-state index in [9.17, 15) is 18.0 Å². The minimum Gasteiger partial charge on any atom is -0.495 e. The summed E-state index contributed by atoms with van der Waals surface area (Å²) in [4.78, 5) is 13.3. The van der Waals surface area contributed by atoms with E-state index in [2.05, 4.69) is 0 Å². The Balaban J connectivity index is 1.87. The maximum Gasteiger partial charge on any atom is 0.416 e. The molecular formula is C22H22ClF3N2O2. The van der Waals surface area contributed by atoms with Crippen LogP contribution >= 0.6 is 11.6 Å². The number of methoxy groups -OCH3 is 1. The molecule has 0 aliphatic heterocycles. The second kappa shape index (κ2) is 8.02. The van der Waals surface area contributed by atoms with Gasteiger partial charge in [0.25, 0.3) is 0 Å². The van der Waals surface area contributed by atoms with Crippen molar-refractivity contribution in [2.45, 2.75) is 50.9 Å². The van der Waals surface area contributed by atoms with Crippen molar-refractivity contribution < 1.29 is 17.9 Å². The van der Waals surface area contributed by atoms with Gasteiger partial charge in [-0.25, -0.2) is 4.79 Å². The van der Waals surface area contributed by atoms with Gasteiger partial charge in [-0.15, -0.1) is 0 Å². The SMILES string of the molecule is COc1ccc(Cn2c(=O)n(C3CCCCC3)c3ccc(C(F)(F)F)cc32)cc1Cl. The van der Waals surface area contributed by atoms with Gasteiger partial charge in [0, 0.05) is 6.04 Å². The number of benzene rings is 2. The van der Waals surface area contributed by atoms with Crippen molar-refractivity contribution in [1.82, 2.24) is 9.13 Å².